The minimum Gasteiger partial charge on any atom is -0.504 e. The largest absolute Gasteiger partial charge is 0.504 e. The van der Waals surface area contributed by atoms with Gasteiger partial charge in [0.1, 0.15) is 6.10 Å². The van der Waals surface area contributed by atoms with Gasteiger partial charge in [-0.1, -0.05) is 6.07 Å². The first-order valence-electron chi connectivity index (χ1n) is 14.5. The predicted octanol–water partition coefficient (Wildman–Crippen LogP) is 3.54. The van der Waals surface area contributed by atoms with Gasteiger partial charge in [0.2, 0.25) is 5.91 Å². The van der Waals surface area contributed by atoms with E-state index in [0.717, 1.165) is 44.6 Å². The van der Waals surface area contributed by atoms with Gasteiger partial charge in [-0.2, -0.15) is 0 Å². The van der Waals surface area contributed by atoms with E-state index in [9.17, 15) is 18.7 Å². The summed E-state index contributed by atoms with van der Waals surface area (Å²) in [6, 6.07) is 4.24. The van der Waals surface area contributed by atoms with Crippen LogP contribution in [0, 0.1) is 11.3 Å². The predicted molar refractivity (Wildman–Crippen MR) is 133 cm³/mol. The Balaban J connectivity index is 1.18. The average molecular weight is 514 g/mol. The second kappa shape index (κ2) is 7.59. The Morgan fingerprint density at radius 1 is 1.08 bits per heavy atom. The van der Waals surface area contributed by atoms with Crippen molar-refractivity contribution in [3.05, 3.63) is 23.3 Å². The van der Waals surface area contributed by atoms with Crippen LogP contribution in [-0.2, 0) is 16.6 Å². The Morgan fingerprint density at radius 2 is 1.95 bits per heavy atom. The molecule has 8 heteroatoms. The molecule has 3 aliphatic carbocycles. The number of carbonyl (C=O) groups excluding carboxylic acids is 1. The third kappa shape index (κ3) is 3.06. The van der Waals surface area contributed by atoms with Crippen molar-refractivity contribution in [2.75, 3.05) is 39.3 Å². The van der Waals surface area contributed by atoms with E-state index >= 15 is 0 Å². The Labute approximate surface area is 216 Å². The highest BCUT2D eigenvalue weighted by molar-refractivity contribution is 5.79. The first kappa shape index (κ1) is 23.0. The number of ether oxygens (including phenoxy) is 1. The first-order valence-corrected chi connectivity index (χ1v) is 14.5. The summed E-state index contributed by atoms with van der Waals surface area (Å²) < 4.78 is 34.9. The highest BCUT2D eigenvalue weighted by Gasteiger charge is 2.74. The van der Waals surface area contributed by atoms with Crippen LogP contribution in [0.5, 0.6) is 11.5 Å². The van der Waals surface area contributed by atoms with E-state index in [1.807, 2.05) is 4.90 Å². The maximum absolute atomic E-state index is 14.1. The van der Waals surface area contributed by atoms with Crippen molar-refractivity contribution in [3.63, 3.8) is 0 Å². The van der Waals surface area contributed by atoms with Gasteiger partial charge in [0.05, 0.1) is 19.1 Å². The molecule has 1 amide bonds. The lowest BCUT2D eigenvalue weighted by Crippen LogP contribution is -2.72. The zero-order valence-corrected chi connectivity index (χ0v) is 21.4. The third-order valence-electron chi connectivity index (χ3n) is 11.3. The number of aromatic hydroxyl groups is 1. The molecule has 1 aromatic carbocycles. The van der Waals surface area contributed by atoms with E-state index in [1.54, 1.807) is 11.0 Å². The fourth-order valence-corrected chi connectivity index (χ4v) is 9.76. The summed E-state index contributed by atoms with van der Waals surface area (Å²) in [7, 11) is 0. The Hall–Kier alpha value is -1.93. The molecule has 37 heavy (non-hydrogen) atoms. The first-order chi connectivity index (χ1) is 17.8. The third-order valence-corrected chi connectivity index (χ3v) is 11.3. The minimum absolute atomic E-state index is 0.0144. The van der Waals surface area contributed by atoms with E-state index in [1.165, 1.54) is 30.5 Å². The molecule has 0 unspecified atom stereocenters. The molecule has 2 saturated carbocycles. The van der Waals surface area contributed by atoms with E-state index in [-0.39, 0.29) is 54.1 Å². The molecule has 5 aliphatic heterocycles. The summed E-state index contributed by atoms with van der Waals surface area (Å²) in [5.74, 6) is -1.07. The maximum Gasteiger partial charge on any atom is 0.260 e. The van der Waals surface area contributed by atoms with Crippen molar-refractivity contribution in [1.29, 1.82) is 0 Å². The summed E-state index contributed by atoms with van der Waals surface area (Å²) in [4.78, 5) is 20.2. The summed E-state index contributed by atoms with van der Waals surface area (Å²) >= 11 is 0. The standard InChI is InChI=1S/C29H37F2N3O3/c30-28(31)7-1-11-32(17-28)16-23(36)34-13-9-27-8-6-20(34)26-29(27)10-12-33(15-18-2-3-18)22(27)14-19-4-5-21(35)25(37-26)24(19)29/h4-5,18,20,22,26,35H,1-3,6-17H2/t20-,22-,26+,27-,29+/m1/s1. The van der Waals surface area contributed by atoms with Crippen LogP contribution in [0.1, 0.15) is 62.5 Å². The number of carbonyl (C=O) groups is 1. The van der Waals surface area contributed by atoms with Gasteiger partial charge < -0.3 is 14.7 Å². The van der Waals surface area contributed by atoms with Crippen molar-refractivity contribution in [2.24, 2.45) is 11.3 Å². The van der Waals surface area contributed by atoms with Crippen LogP contribution in [0.2, 0.25) is 0 Å². The van der Waals surface area contributed by atoms with Crippen LogP contribution in [0.3, 0.4) is 0 Å². The minimum atomic E-state index is -2.71. The lowest BCUT2D eigenvalue weighted by Gasteiger charge is -2.66. The van der Waals surface area contributed by atoms with Crippen LogP contribution in [0.4, 0.5) is 8.78 Å². The van der Waals surface area contributed by atoms with Gasteiger partial charge in [-0.05, 0) is 82.0 Å². The molecule has 0 aromatic heterocycles. The van der Waals surface area contributed by atoms with Gasteiger partial charge in [0.25, 0.3) is 5.92 Å². The fraction of sp³-hybridized carbons (Fsp3) is 0.759. The topological polar surface area (TPSA) is 56.3 Å². The molecule has 0 radical (unpaired) electrons. The molecule has 4 bridgehead atoms. The highest BCUT2D eigenvalue weighted by atomic mass is 19.3. The summed E-state index contributed by atoms with van der Waals surface area (Å²) in [6.07, 6.45) is 7.68. The van der Waals surface area contributed by atoms with E-state index < -0.39 is 5.92 Å². The smallest absolute Gasteiger partial charge is 0.260 e. The molecule has 6 fully saturated rings. The number of amides is 1. The molecular formula is C29H37F2N3O3. The molecule has 200 valence electrons. The SMILES string of the molecule is O=C(CN1CCCC(F)(F)C1)N1CC[C@@]23CC[C@@H]1[C@@H]1Oc4c(O)ccc5c4[C@@]12CCN(CC1CC1)[C@@H]3C5. The molecule has 4 saturated heterocycles. The second-order valence-corrected chi connectivity index (χ2v) is 13.1. The van der Waals surface area contributed by atoms with E-state index in [2.05, 4.69) is 11.0 Å². The Bertz CT molecular complexity index is 1160. The molecule has 1 N–H and O–H groups in total. The molecular weight excluding hydrogens is 476 g/mol. The molecule has 6 nitrogen and oxygen atoms in total. The van der Waals surface area contributed by atoms with Gasteiger partial charge in [-0.15, -0.1) is 0 Å². The monoisotopic (exact) mass is 513 g/mol. The molecule has 5 atom stereocenters. The number of fused-ring (bicyclic) bond motifs is 3. The second-order valence-electron chi connectivity index (χ2n) is 13.1. The quantitative estimate of drug-likeness (QED) is 0.668. The van der Waals surface area contributed by atoms with Crippen LogP contribution in [0.25, 0.3) is 0 Å². The number of likely N-dealkylation sites (tertiary alicyclic amines) is 2. The van der Waals surface area contributed by atoms with Crippen LogP contribution in [0.15, 0.2) is 12.1 Å². The Kier molecular flexibility index (Phi) is 4.72. The number of phenolic OH excluding ortho intramolecular Hbond substituents is 1. The molecule has 1 aromatic rings. The van der Waals surface area contributed by atoms with Crippen molar-refractivity contribution < 1.29 is 23.4 Å². The number of halogens is 2. The van der Waals surface area contributed by atoms with Crippen LogP contribution < -0.4 is 4.74 Å². The van der Waals surface area contributed by atoms with Crippen molar-refractivity contribution in [1.82, 2.24) is 14.7 Å². The summed E-state index contributed by atoms with van der Waals surface area (Å²) in [5.41, 5.74) is 2.37. The van der Waals surface area contributed by atoms with Gasteiger partial charge >= 0.3 is 0 Å². The van der Waals surface area contributed by atoms with Crippen molar-refractivity contribution in [3.8, 4) is 11.5 Å². The van der Waals surface area contributed by atoms with E-state index in [4.69, 9.17) is 4.74 Å². The Morgan fingerprint density at radius 3 is 2.76 bits per heavy atom. The van der Waals surface area contributed by atoms with Crippen molar-refractivity contribution >= 4 is 5.91 Å². The van der Waals surface area contributed by atoms with Gasteiger partial charge in [0.15, 0.2) is 11.5 Å². The molecule has 9 rings (SSSR count). The highest BCUT2D eigenvalue weighted by Crippen LogP contribution is 2.71. The lowest BCUT2D eigenvalue weighted by atomic mass is 9.42. The molecule has 5 heterocycles. The number of hydrogen-bond acceptors (Lipinski definition) is 5. The van der Waals surface area contributed by atoms with Crippen LogP contribution >= 0.6 is 0 Å². The normalized spacial score (nSPS) is 39.7. The number of hydrogen-bond donors (Lipinski definition) is 1. The number of phenols is 1. The molecule has 2 spiro atoms. The zero-order chi connectivity index (χ0) is 25.2. The fourth-order valence-electron chi connectivity index (χ4n) is 9.76. The molecule has 8 aliphatic rings. The van der Waals surface area contributed by atoms with Gasteiger partial charge in [0, 0.05) is 41.9 Å². The number of alkyl halides is 2. The van der Waals surface area contributed by atoms with Crippen molar-refractivity contribution in [2.45, 2.75) is 87.3 Å². The van der Waals surface area contributed by atoms with Gasteiger partial charge in [-0.25, -0.2) is 8.78 Å². The number of rotatable bonds is 4. The number of piperidine rings is 2. The lowest BCUT2D eigenvalue weighted by molar-refractivity contribution is -0.146. The number of benzene rings is 1. The zero-order valence-electron chi connectivity index (χ0n) is 21.4. The maximum atomic E-state index is 14.1. The van der Waals surface area contributed by atoms with Gasteiger partial charge in [-0.3, -0.25) is 14.6 Å². The number of nitrogens with zero attached hydrogens (tertiary/aromatic N) is 3. The van der Waals surface area contributed by atoms with E-state index in [0.29, 0.717) is 31.3 Å². The summed E-state index contributed by atoms with van der Waals surface area (Å²) in [6.45, 7) is 3.16. The average Bonchev–Trinajstić information content (AvgIpc) is 3.64. The van der Waals surface area contributed by atoms with Crippen LogP contribution in [-0.4, -0.2) is 89.1 Å². The summed E-state index contributed by atoms with van der Waals surface area (Å²) in [5, 5.41) is 10.9.